The minimum absolute atomic E-state index is 0.0757. The first-order valence-corrected chi connectivity index (χ1v) is 13.7. The van der Waals surface area contributed by atoms with Crippen LogP contribution < -0.4 is 4.74 Å². The first-order valence-electron chi connectivity index (χ1n) is 13.7. The average Bonchev–Trinajstić information content (AvgIpc) is 2.83. The number of hydrogen-bond donors (Lipinski definition) is 0. The van der Waals surface area contributed by atoms with Gasteiger partial charge in [-0.15, -0.1) is 0 Å². The molecule has 0 N–H and O–H groups in total. The molecule has 0 spiro atoms. The lowest BCUT2D eigenvalue weighted by Crippen LogP contribution is -2.28. The van der Waals surface area contributed by atoms with Gasteiger partial charge in [0.25, 0.3) is 0 Å². The molecule has 3 heteroatoms. The number of rotatable bonds is 11. The summed E-state index contributed by atoms with van der Waals surface area (Å²) in [5, 5.41) is 0. The molecule has 2 fully saturated rings. The molecule has 2 saturated carbocycles. The Morgan fingerprint density at radius 1 is 0.812 bits per heavy atom. The molecule has 0 amide bonds. The number of ether oxygens (including phenoxy) is 1. The van der Waals surface area contributed by atoms with Crippen LogP contribution in [-0.2, 0) is 0 Å². The average molecular weight is 449 g/mol. The summed E-state index contributed by atoms with van der Waals surface area (Å²) < 4.78 is 35.1. The first-order chi connectivity index (χ1) is 15.5. The molecule has 1 aromatic rings. The van der Waals surface area contributed by atoms with E-state index < -0.39 is 11.6 Å². The van der Waals surface area contributed by atoms with Gasteiger partial charge in [0, 0.05) is 0 Å². The summed E-state index contributed by atoms with van der Waals surface area (Å²) in [5.74, 6) is 2.08. The van der Waals surface area contributed by atoms with Crippen LogP contribution in [0.3, 0.4) is 0 Å². The van der Waals surface area contributed by atoms with Crippen molar-refractivity contribution in [2.45, 2.75) is 117 Å². The minimum atomic E-state index is -0.792. The summed E-state index contributed by atoms with van der Waals surface area (Å²) >= 11 is 0. The standard InChI is InChI=1S/C29H46F2O/c1-4-6-7-8-9-20-32-27-19-18-26(28(30)29(27)31)25-16-14-24(15-17-25)21(3)23-12-10-22(5-2)11-13-23/h18-19,21-25H,4-17,20H2,1-3H3. The molecule has 0 heterocycles. The fourth-order valence-corrected chi connectivity index (χ4v) is 6.32. The highest BCUT2D eigenvalue weighted by Gasteiger charge is 2.33. The summed E-state index contributed by atoms with van der Waals surface area (Å²) in [6.07, 6.45) is 16.7. The van der Waals surface area contributed by atoms with Crippen LogP contribution in [-0.4, -0.2) is 6.61 Å². The van der Waals surface area contributed by atoms with Gasteiger partial charge < -0.3 is 4.74 Å². The van der Waals surface area contributed by atoms with E-state index in [0.29, 0.717) is 12.2 Å². The maximum atomic E-state index is 14.9. The van der Waals surface area contributed by atoms with E-state index in [-0.39, 0.29) is 11.7 Å². The first kappa shape index (κ1) is 25.5. The predicted octanol–water partition coefficient (Wildman–Crippen LogP) is 9.44. The Balaban J connectivity index is 1.48. The monoisotopic (exact) mass is 448 g/mol. The van der Waals surface area contributed by atoms with Gasteiger partial charge in [-0.2, -0.15) is 4.39 Å². The molecule has 2 aliphatic carbocycles. The van der Waals surface area contributed by atoms with Crippen LogP contribution in [0.15, 0.2) is 12.1 Å². The molecule has 1 aromatic carbocycles. The van der Waals surface area contributed by atoms with E-state index in [9.17, 15) is 8.78 Å². The third kappa shape index (κ3) is 6.70. The highest BCUT2D eigenvalue weighted by Crippen LogP contribution is 2.45. The van der Waals surface area contributed by atoms with Crippen molar-refractivity contribution in [3.8, 4) is 5.75 Å². The van der Waals surface area contributed by atoms with Gasteiger partial charge >= 0.3 is 0 Å². The van der Waals surface area contributed by atoms with Crippen molar-refractivity contribution < 1.29 is 13.5 Å². The molecule has 0 aliphatic heterocycles. The van der Waals surface area contributed by atoms with Crippen molar-refractivity contribution >= 4 is 0 Å². The van der Waals surface area contributed by atoms with Gasteiger partial charge in [0.1, 0.15) is 0 Å². The molecular formula is C29H46F2O. The maximum Gasteiger partial charge on any atom is 0.200 e. The lowest BCUT2D eigenvalue weighted by Gasteiger charge is -2.39. The van der Waals surface area contributed by atoms with Crippen LogP contribution in [0.5, 0.6) is 5.75 Å². The summed E-state index contributed by atoms with van der Waals surface area (Å²) in [4.78, 5) is 0. The third-order valence-electron chi connectivity index (χ3n) is 8.75. The van der Waals surface area contributed by atoms with Gasteiger partial charge in [0.05, 0.1) is 6.61 Å². The van der Waals surface area contributed by atoms with Crippen molar-refractivity contribution in [1.29, 1.82) is 0 Å². The largest absolute Gasteiger partial charge is 0.490 e. The third-order valence-corrected chi connectivity index (χ3v) is 8.75. The minimum Gasteiger partial charge on any atom is -0.490 e. The van der Waals surface area contributed by atoms with Crippen LogP contribution in [0.2, 0.25) is 0 Å². The lowest BCUT2D eigenvalue weighted by molar-refractivity contribution is 0.133. The molecule has 1 nitrogen and oxygen atoms in total. The van der Waals surface area contributed by atoms with Gasteiger partial charge in [-0.05, 0) is 86.2 Å². The smallest absolute Gasteiger partial charge is 0.200 e. The van der Waals surface area contributed by atoms with E-state index >= 15 is 0 Å². The van der Waals surface area contributed by atoms with Crippen LogP contribution in [0.4, 0.5) is 8.78 Å². The van der Waals surface area contributed by atoms with Gasteiger partial charge in [-0.25, -0.2) is 4.39 Å². The van der Waals surface area contributed by atoms with Crippen LogP contribution in [0.1, 0.15) is 122 Å². The van der Waals surface area contributed by atoms with Crippen molar-refractivity contribution in [2.75, 3.05) is 6.61 Å². The van der Waals surface area contributed by atoms with Crippen LogP contribution >= 0.6 is 0 Å². The fourth-order valence-electron chi connectivity index (χ4n) is 6.32. The lowest BCUT2D eigenvalue weighted by atomic mass is 9.66. The Kier molecular flexibility index (Phi) is 10.3. The zero-order valence-electron chi connectivity index (χ0n) is 20.8. The zero-order valence-corrected chi connectivity index (χ0v) is 20.8. The summed E-state index contributed by atoms with van der Waals surface area (Å²) in [7, 11) is 0. The zero-order chi connectivity index (χ0) is 22.9. The van der Waals surface area contributed by atoms with E-state index in [0.717, 1.165) is 62.2 Å². The van der Waals surface area contributed by atoms with E-state index in [2.05, 4.69) is 20.8 Å². The normalized spacial score (nSPS) is 27.3. The second-order valence-electron chi connectivity index (χ2n) is 10.7. The number of unbranched alkanes of at least 4 members (excludes halogenated alkanes) is 4. The Hall–Kier alpha value is -1.12. The van der Waals surface area contributed by atoms with Gasteiger partial charge in [-0.3, -0.25) is 0 Å². The SMILES string of the molecule is CCCCCCCOc1ccc(C2CCC(C(C)C3CCC(CC)CC3)CC2)c(F)c1F. The van der Waals surface area contributed by atoms with Crippen molar-refractivity contribution in [3.05, 3.63) is 29.3 Å². The van der Waals surface area contributed by atoms with E-state index in [4.69, 9.17) is 4.74 Å². The van der Waals surface area contributed by atoms with Crippen LogP contribution in [0, 0.1) is 35.3 Å². The molecule has 0 aromatic heterocycles. The highest BCUT2D eigenvalue weighted by atomic mass is 19.2. The van der Waals surface area contributed by atoms with Gasteiger partial charge in [0.15, 0.2) is 11.6 Å². The molecule has 1 atom stereocenters. The Morgan fingerprint density at radius 2 is 1.44 bits per heavy atom. The van der Waals surface area contributed by atoms with Gasteiger partial charge in [-0.1, -0.05) is 71.8 Å². The molecule has 2 aliphatic rings. The Labute approximate surface area is 195 Å². The van der Waals surface area contributed by atoms with E-state index in [1.807, 2.05) is 0 Å². The molecule has 0 radical (unpaired) electrons. The quantitative estimate of drug-likeness (QED) is 0.306. The number of hydrogen-bond acceptors (Lipinski definition) is 1. The highest BCUT2D eigenvalue weighted by molar-refractivity contribution is 5.33. The molecule has 182 valence electrons. The Bertz CT molecular complexity index is 672. The van der Waals surface area contributed by atoms with Crippen molar-refractivity contribution in [1.82, 2.24) is 0 Å². The number of benzene rings is 1. The van der Waals surface area contributed by atoms with E-state index in [1.54, 1.807) is 12.1 Å². The van der Waals surface area contributed by atoms with E-state index in [1.165, 1.54) is 51.4 Å². The molecular weight excluding hydrogens is 402 g/mol. The summed E-state index contributed by atoms with van der Waals surface area (Å²) in [5.41, 5.74) is 0.562. The van der Waals surface area contributed by atoms with Crippen molar-refractivity contribution in [2.24, 2.45) is 23.7 Å². The predicted molar refractivity (Wildman–Crippen MR) is 130 cm³/mol. The van der Waals surface area contributed by atoms with Gasteiger partial charge in [0.2, 0.25) is 5.82 Å². The Morgan fingerprint density at radius 3 is 2.06 bits per heavy atom. The summed E-state index contributed by atoms with van der Waals surface area (Å²) in [6, 6.07) is 3.44. The molecule has 3 rings (SSSR count). The molecule has 1 unspecified atom stereocenters. The molecule has 32 heavy (non-hydrogen) atoms. The van der Waals surface area contributed by atoms with Crippen LogP contribution in [0.25, 0.3) is 0 Å². The summed E-state index contributed by atoms with van der Waals surface area (Å²) in [6.45, 7) is 7.42. The molecule has 0 saturated heterocycles. The van der Waals surface area contributed by atoms with Crippen molar-refractivity contribution in [3.63, 3.8) is 0 Å². The topological polar surface area (TPSA) is 9.23 Å². The number of halogens is 2. The maximum absolute atomic E-state index is 14.9. The molecule has 0 bridgehead atoms. The fraction of sp³-hybridized carbons (Fsp3) is 0.793. The second kappa shape index (κ2) is 12.9. The second-order valence-corrected chi connectivity index (χ2v) is 10.7.